The zero-order valence-electron chi connectivity index (χ0n) is 53.9. The van der Waals surface area contributed by atoms with Crippen LogP contribution in [0.15, 0.2) is 146 Å². The number of hydrogen-bond acceptors (Lipinski definition) is 6. The summed E-state index contributed by atoms with van der Waals surface area (Å²) >= 11 is 0. The van der Waals surface area contributed by atoms with Gasteiger partial charge in [-0.2, -0.15) is 0 Å². The second kappa shape index (κ2) is 69.8. The molecule has 83 heavy (non-hydrogen) atoms. The molecule has 0 saturated carbocycles. The maximum atomic E-state index is 12.9. The quantitative estimate of drug-likeness (QED) is 0.0261. The number of ether oxygens (including phenoxy) is 3. The summed E-state index contributed by atoms with van der Waals surface area (Å²) in [5.74, 6) is -0.924. The van der Waals surface area contributed by atoms with Crippen molar-refractivity contribution >= 4 is 17.9 Å². The molecule has 0 fully saturated rings. The molecule has 0 aliphatic heterocycles. The average Bonchev–Trinajstić information content (AvgIpc) is 3.49. The zero-order chi connectivity index (χ0) is 59.9. The van der Waals surface area contributed by atoms with Crippen molar-refractivity contribution in [1.82, 2.24) is 0 Å². The SMILES string of the molecule is CC/C=C\C/C=C\C/C=C\C/C=C\C/C=C\C/C=C\C/C=C\C/C=C\C/C=C\CCCCCCCCCC(=O)OCC(COC(=O)CCCCCCC/C=C\CCCCCCC)OC(=O)CCCCCCC/C=C\C/C=C\CCCCCC. The van der Waals surface area contributed by atoms with Crippen molar-refractivity contribution < 1.29 is 28.6 Å². The van der Waals surface area contributed by atoms with E-state index in [-0.39, 0.29) is 31.1 Å². The molecule has 1 unspecified atom stereocenters. The van der Waals surface area contributed by atoms with Gasteiger partial charge >= 0.3 is 17.9 Å². The Hall–Kier alpha value is -4.71. The Morgan fingerprint density at radius 1 is 0.253 bits per heavy atom. The normalized spacial score (nSPS) is 13.0. The molecular formula is C77H126O6. The molecule has 0 heterocycles. The molecule has 0 aromatic rings. The minimum Gasteiger partial charge on any atom is -0.462 e. The highest BCUT2D eigenvalue weighted by atomic mass is 16.6. The predicted octanol–water partition coefficient (Wildman–Crippen LogP) is 23.9. The van der Waals surface area contributed by atoms with E-state index in [1.807, 2.05) is 0 Å². The van der Waals surface area contributed by atoms with Crippen LogP contribution < -0.4 is 0 Å². The van der Waals surface area contributed by atoms with Crippen LogP contribution >= 0.6 is 0 Å². The summed E-state index contributed by atoms with van der Waals surface area (Å²) in [7, 11) is 0. The lowest BCUT2D eigenvalue weighted by atomic mass is 10.1. The summed E-state index contributed by atoms with van der Waals surface area (Å²) in [5.41, 5.74) is 0. The first-order chi connectivity index (χ1) is 41.0. The molecule has 0 spiro atoms. The highest BCUT2D eigenvalue weighted by molar-refractivity contribution is 5.71. The van der Waals surface area contributed by atoms with Gasteiger partial charge in [-0.15, -0.1) is 0 Å². The largest absolute Gasteiger partial charge is 0.462 e. The predicted molar refractivity (Wildman–Crippen MR) is 362 cm³/mol. The van der Waals surface area contributed by atoms with Gasteiger partial charge in [0, 0.05) is 19.3 Å². The summed E-state index contributed by atoms with van der Waals surface area (Å²) < 4.78 is 16.9. The highest BCUT2D eigenvalue weighted by Crippen LogP contribution is 2.15. The maximum absolute atomic E-state index is 12.9. The van der Waals surface area contributed by atoms with E-state index in [0.29, 0.717) is 19.3 Å². The lowest BCUT2D eigenvalue weighted by Crippen LogP contribution is -2.30. The van der Waals surface area contributed by atoms with Gasteiger partial charge in [0.25, 0.3) is 0 Å². The third kappa shape index (κ3) is 68.0. The van der Waals surface area contributed by atoms with E-state index in [2.05, 4.69) is 167 Å². The Morgan fingerprint density at radius 3 is 0.759 bits per heavy atom. The minimum atomic E-state index is -0.799. The van der Waals surface area contributed by atoms with Crippen LogP contribution in [0.1, 0.15) is 303 Å². The molecule has 0 amide bonds. The average molecular weight is 1150 g/mol. The highest BCUT2D eigenvalue weighted by Gasteiger charge is 2.19. The third-order valence-electron chi connectivity index (χ3n) is 14.3. The molecule has 0 aromatic carbocycles. The van der Waals surface area contributed by atoms with E-state index < -0.39 is 6.10 Å². The monoisotopic (exact) mass is 1150 g/mol. The molecular weight excluding hydrogens is 1020 g/mol. The fourth-order valence-electron chi connectivity index (χ4n) is 9.17. The van der Waals surface area contributed by atoms with Gasteiger partial charge in [-0.3, -0.25) is 14.4 Å². The van der Waals surface area contributed by atoms with Crippen LogP contribution in [0.2, 0.25) is 0 Å². The van der Waals surface area contributed by atoms with Crippen LogP contribution in [0.3, 0.4) is 0 Å². The fourth-order valence-corrected chi connectivity index (χ4v) is 9.17. The number of hydrogen-bond donors (Lipinski definition) is 0. The van der Waals surface area contributed by atoms with Gasteiger partial charge in [-0.1, -0.05) is 282 Å². The standard InChI is InChI=1S/C77H126O6/c1-4-7-10-13-16-19-22-25-28-30-31-32-33-34-35-36-37-38-39-40-41-42-43-44-45-46-47-48-50-52-55-58-61-64-67-70-76(79)82-73-74(72-81-75(78)69-66-63-60-57-54-51-27-24-21-18-15-12-9-6-3)83-77(80)71-68-65-62-59-56-53-49-29-26-23-20-17-14-11-8-5-2/h7,10,16,19-20,23-25,27-29,31-32,34-35,37-38,40-41,43-44,46-47,49,74H,4-6,8-9,11-15,17-18,21-22,26,30,33,36,39,42,45,48,50-73H2,1-3H3/b10-7-,19-16-,23-20-,27-24-,28-25-,32-31-,35-34-,38-37-,41-40-,44-43-,47-46-,49-29-. The summed E-state index contributed by atoms with van der Waals surface area (Å²) in [6.07, 6.45) is 100. The molecule has 0 saturated heterocycles. The van der Waals surface area contributed by atoms with Gasteiger partial charge in [0.15, 0.2) is 6.10 Å². The maximum Gasteiger partial charge on any atom is 0.306 e. The van der Waals surface area contributed by atoms with Crippen LogP contribution in [0, 0.1) is 0 Å². The molecule has 0 N–H and O–H groups in total. The van der Waals surface area contributed by atoms with E-state index in [9.17, 15) is 14.4 Å². The summed E-state index contributed by atoms with van der Waals surface area (Å²) in [6.45, 7) is 6.48. The van der Waals surface area contributed by atoms with Gasteiger partial charge in [0.2, 0.25) is 0 Å². The van der Waals surface area contributed by atoms with Crippen molar-refractivity contribution in [3.63, 3.8) is 0 Å². The van der Waals surface area contributed by atoms with Crippen molar-refractivity contribution in [2.75, 3.05) is 13.2 Å². The van der Waals surface area contributed by atoms with Crippen molar-refractivity contribution in [3.05, 3.63) is 146 Å². The second-order valence-corrected chi connectivity index (χ2v) is 22.3. The van der Waals surface area contributed by atoms with E-state index >= 15 is 0 Å². The minimum absolute atomic E-state index is 0.0942. The number of allylic oxidation sites excluding steroid dienone is 24. The molecule has 0 bridgehead atoms. The number of rotatable bonds is 61. The Morgan fingerprint density at radius 2 is 0.470 bits per heavy atom. The van der Waals surface area contributed by atoms with Gasteiger partial charge in [0.1, 0.15) is 13.2 Å². The van der Waals surface area contributed by atoms with Gasteiger partial charge < -0.3 is 14.2 Å². The molecule has 0 aliphatic rings. The van der Waals surface area contributed by atoms with E-state index in [4.69, 9.17) is 14.2 Å². The Labute approximate surface area is 512 Å². The number of carbonyl (C=O) groups is 3. The summed E-state index contributed by atoms with van der Waals surface area (Å²) in [6, 6.07) is 0. The Balaban J connectivity index is 4.31. The molecule has 0 aromatic heterocycles. The lowest BCUT2D eigenvalue weighted by Gasteiger charge is -2.18. The third-order valence-corrected chi connectivity index (χ3v) is 14.3. The van der Waals surface area contributed by atoms with Crippen LogP contribution in [-0.2, 0) is 28.6 Å². The van der Waals surface area contributed by atoms with Gasteiger partial charge in [-0.05, 0) is 148 Å². The smallest absolute Gasteiger partial charge is 0.306 e. The zero-order valence-corrected chi connectivity index (χ0v) is 53.9. The molecule has 6 heteroatoms. The van der Waals surface area contributed by atoms with Crippen LogP contribution in [0.25, 0.3) is 0 Å². The van der Waals surface area contributed by atoms with Crippen molar-refractivity contribution in [3.8, 4) is 0 Å². The second-order valence-electron chi connectivity index (χ2n) is 22.3. The first kappa shape index (κ1) is 78.3. The first-order valence-electron chi connectivity index (χ1n) is 34.3. The number of carbonyl (C=O) groups excluding carboxylic acids is 3. The molecule has 6 nitrogen and oxygen atoms in total. The van der Waals surface area contributed by atoms with Crippen molar-refractivity contribution in [2.45, 2.75) is 309 Å². The first-order valence-corrected chi connectivity index (χ1v) is 34.3. The molecule has 0 aliphatic carbocycles. The van der Waals surface area contributed by atoms with Crippen molar-refractivity contribution in [1.29, 1.82) is 0 Å². The van der Waals surface area contributed by atoms with Gasteiger partial charge in [0.05, 0.1) is 0 Å². The van der Waals surface area contributed by atoms with Crippen LogP contribution in [-0.4, -0.2) is 37.2 Å². The number of unbranched alkanes of at least 4 members (excludes halogenated alkanes) is 26. The van der Waals surface area contributed by atoms with E-state index in [1.54, 1.807) is 0 Å². The number of esters is 3. The van der Waals surface area contributed by atoms with E-state index in [0.717, 1.165) is 154 Å². The lowest BCUT2D eigenvalue weighted by molar-refractivity contribution is -0.167. The molecule has 0 radical (unpaired) electrons. The molecule has 1 atom stereocenters. The Kier molecular flexibility index (Phi) is 65.8. The summed E-state index contributed by atoms with van der Waals surface area (Å²) in [4.78, 5) is 38.3. The van der Waals surface area contributed by atoms with Crippen LogP contribution in [0.4, 0.5) is 0 Å². The summed E-state index contributed by atoms with van der Waals surface area (Å²) in [5, 5.41) is 0. The fraction of sp³-hybridized carbons (Fsp3) is 0.649. The van der Waals surface area contributed by atoms with Crippen molar-refractivity contribution in [2.24, 2.45) is 0 Å². The topological polar surface area (TPSA) is 78.9 Å². The van der Waals surface area contributed by atoms with Crippen LogP contribution in [0.5, 0.6) is 0 Å². The molecule has 470 valence electrons. The van der Waals surface area contributed by atoms with E-state index in [1.165, 1.54) is 109 Å². The Bertz CT molecular complexity index is 1800. The molecule has 0 rings (SSSR count). The van der Waals surface area contributed by atoms with Gasteiger partial charge in [-0.25, -0.2) is 0 Å².